The molecular formula is C33H34O5. The van der Waals surface area contributed by atoms with Gasteiger partial charge in [-0.05, 0) is 34.4 Å². The van der Waals surface area contributed by atoms with Crippen molar-refractivity contribution >= 4 is 0 Å². The molecule has 0 N–H and O–H groups in total. The molecule has 0 bridgehead atoms. The van der Waals surface area contributed by atoms with E-state index in [1.807, 2.05) is 66.7 Å². The van der Waals surface area contributed by atoms with Crippen molar-refractivity contribution in [3.8, 4) is 5.75 Å². The fourth-order valence-corrected chi connectivity index (χ4v) is 5.06. The minimum Gasteiger partial charge on any atom is -0.497 e. The van der Waals surface area contributed by atoms with E-state index in [2.05, 4.69) is 48.5 Å². The zero-order valence-electron chi connectivity index (χ0n) is 21.9. The number of hydrogen-bond acceptors (Lipinski definition) is 5. The van der Waals surface area contributed by atoms with Crippen molar-refractivity contribution in [3.05, 3.63) is 138 Å². The van der Waals surface area contributed by atoms with E-state index >= 15 is 0 Å². The van der Waals surface area contributed by atoms with E-state index in [1.165, 1.54) is 0 Å². The van der Waals surface area contributed by atoms with Gasteiger partial charge in [0.1, 0.15) is 17.5 Å². The summed E-state index contributed by atoms with van der Waals surface area (Å²) < 4.78 is 30.6. The van der Waals surface area contributed by atoms with Crippen molar-refractivity contribution in [1.82, 2.24) is 0 Å². The second-order valence-corrected chi connectivity index (χ2v) is 9.36. The number of ether oxygens (including phenoxy) is 5. The molecule has 1 aliphatic rings. The number of rotatable bonds is 11. The Bertz CT molecular complexity index is 1210. The third kappa shape index (κ3) is 5.66. The van der Waals surface area contributed by atoms with Crippen molar-refractivity contribution in [3.63, 3.8) is 0 Å². The topological polar surface area (TPSA) is 46.2 Å². The van der Waals surface area contributed by atoms with Gasteiger partial charge in [0.2, 0.25) is 0 Å². The van der Waals surface area contributed by atoms with Crippen LogP contribution in [0.5, 0.6) is 5.75 Å². The van der Waals surface area contributed by atoms with Crippen LogP contribution in [0.4, 0.5) is 0 Å². The molecule has 1 saturated heterocycles. The Balaban J connectivity index is 1.48. The zero-order chi connectivity index (χ0) is 26.2. The van der Waals surface area contributed by atoms with Crippen molar-refractivity contribution in [2.45, 2.75) is 37.1 Å². The predicted octanol–water partition coefficient (Wildman–Crippen LogP) is 6.35. The molecule has 1 fully saturated rings. The summed E-state index contributed by atoms with van der Waals surface area (Å²) in [5, 5.41) is 0. The maximum Gasteiger partial charge on any atom is 0.160 e. The molecule has 1 heterocycles. The summed E-state index contributed by atoms with van der Waals surface area (Å²) in [6, 6.07) is 38.9. The first kappa shape index (κ1) is 26.1. The molecule has 0 spiro atoms. The SMILES string of the molecule is COc1ccc(C(OC[C@H]2OC(OC)C[C@@H]2OCc2ccccc2)(c2ccccc2)c2ccccc2)cc1. The summed E-state index contributed by atoms with van der Waals surface area (Å²) in [4.78, 5) is 0. The molecule has 4 aromatic carbocycles. The Hall–Kier alpha value is -3.48. The molecule has 38 heavy (non-hydrogen) atoms. The van der Waals surface area contributed by atoms with Crippen LogP contribution in [0.15, 0.2) is 115 Å². The van der Waals surface area contributed by atoms with Crippen LogP contribution in [-0.4, -0.2) is 39.3 Å². The van der Waals surface area contributed by atoms with Crippen LogP contribution in [0.3, 0.4) is 0 Å². The largest absolute Gasteiger partial charge is 0.497 e. The Morgan fingerprint density at radius 3 is 1.82 bits per heavy atom. The molecule has 0 amide bonds. The van der Waals surface area contributed by atoms with Gasteiger partial charge in [0.15, 0.2) is 6.29 Å². The lowest BCUT2D eigenvalue weighted by atomic mass is 9.80. The molecule has 5 heteroatoms. The third-order valence-electron chi connectivity index (χ3n) is 7.06. The summed E-state index contributed by atoms with van der Waals surface area (Å²) in [7, 11) is 3.34. The Morgan fingerprint density at radius 1 is 0.711 bits per heavy atom. The molecule has 0 saturated carbocycles. The monoisotopic (exact) mass is 510 g/mol. The van der Waals surface area contributed by atoms with Crippen LogP contribution in [0.1, 0.15) is 28.7 Å². The standard InChI is InChI=1S/C33H34O5/c1-34-29-20-18-28(19-21-29)33(26-14-8-4-9-15-26,27-16-10-5-11-17-27)37-24-31-30(22-32(35-2)38-31)36-23-25-12-6-3-7-13-25/h3-21,30-32H,22-24H2,1-2H3/t30-,31+,32?/m0/s1. The highest BCUT2D eigenvalue weighted by Crippen LogP contribution is 2.42. The minimum atomic E-state index is -0.868. The molecular weight excluding hydrogens is 476 g/mol. The van der Waals surface area contributed by atoms with Gasteiger partial charge in [-0.1, -0.05) is 103 Å². The Kier molecular flexibility index (Phi) is 8.51. The molecule has 5 rings (SSSR count). The fraction of sp³-hybridized carbons (Fsp3) is 0.273. The lowest BCUT2D eigenvalue weighted by Crippen LogP contribution is -2.38. The van der Waals surface area contributed by atoms with Crippen molar-refractivity contribution < 1.29 is 23.7 Å². The third-order valence-corrected chi connectivity index (χ3v) is 7.06. The first-order chi connectivity index (χ1) is 18.7. The Morgan fingerprint density at radius 2 is 1.26 bits per heavy atom. The van der Waals surface area contributed by atoms with Crippen LogP contribution in [0.2, 0.25) is 0 Å². The number of hydrogen-bond donors (Lipinski definition) is 0. The average molecular weight is 511 g/mol. The van der Waals surface area contributed by atoms with Gasteiger partial charge < -0.3 is 23.7 Å². The lowest BCUT2D eigenvalue weighted by molar-refractivity contribution is -0.148. The van der Waals surface area contributed by atoms with Gasteiger partial charge in [-0.25, -0.2) is 0 Å². The van der Waals surface area contributed by atoms with E-state index in [9.17, 15) is 0 Å². The van der Waals surface area contributed by atoms with Gasteiger partial charge in [-0.2, -0.15) is 0 Å². The minimum absolute atomic E-state index is 0.166. The highest BCUT2D eigenvalue weighted by molar-refractivity contribution is 5.48. The smallest absolute Gasteiger partial charge is 0.160 e. The van der Waals surface area contributed by atoms with Crippen LogP contribution in [0, 0.1) is 0 Å². The molecule has 0 aliphatic carbocycles. The van der Waals surface area contributed by atoms with Crippen LogP contribution < -0.4 is 4.74 Å². The average Bonchev–Trinajstić information content (AvgIpc) is 3.40. The maximum atomic E-state index is 7.02. The molecule has 1 aliphatic heterocycles. The molecule has 0 radical (unpaired) electrons. The van der Waals surface area contributed by atoms with Gasteiger partial charge in [0.25, 0.3) is 0 Å². The predicted molar refractivity (Wildman–Crippen MR) is 147 cm³/mol. The lowest BCUT2D eigenvalue weighted by Gasteiger charge is -2.37. The highest BCUT2D eigenvalue weighted by atomic mass is 16.7. The van der Waals surface area contributed by atoms with E-state index in [0.717, 1.165) is 28.0 Å². The van der Waals surface area contributed by atoms with Crippen molar-refractivity contribution in [1.29, 1.82) is 0 Å². The van der Waals surface area contributed by atoms with E-state index in [0.29, 0.717) is 19.6 Å². The van der Waals surface area contributed by atoms with Crippen molar-refractivity contribution in [2.24, 2.45) is 0 Å². The maximum absolute atomic E-state index is 7.02. The summed E-state index contributed by atoms with van der Waals surface area (Å²) in [5.74, 6) is 0.792. The van der Waals surface area contributed by atoms with Gasteiger partial charge in [-0.15, -0.1) is 0 Å². The van der Waals surface area contributed by atoms with Gasteiger partial charge in [-0.3, -0.25) is 0 Å². The van der Waals surface area contributed by atoms with E-state index in [4.69, 9.17) is 23.7 Å². The zero-order valence-corrected chi connectivity index (χ0v) is 21.9. The summed E-state index contributed by atoms with van der Waals surface area (Å²) in [5.41, 5.74) is 3.31. The van der Waals surface area contributed by atoms with Gasteiger partial charge in [0.05, 0.1) is 26.4 Å². The second-order valence-electron chi connectivity index (χ2n) is 9.36. The molecule has 1 unspecified atom stereocenters. The van der Waals surface area contributed by atoms with Crippen molar-refractivity contribution in [2.75, 3.05) is 20.8 Å². The molecule has 3 atom stereocenters. The normalized spacial score (nSPS) is 19.4. The van der Waals surface area contributed by atoms with Crippen LogP contribution in [0.25, 0.3) is 0 Å². The van der Waals surface area contributed by atoms with E-state index in [-0.39, 0.29) is 18.5 Å². The molecule has 196 valence electrons. The summed E-state index contributed by atoms with van der Waals surface area (Å²) >= 11 is 0. The summed E-state index contributed by atoms with van der Waals surface area (Å²) in [6.45, 7) is 0.817. The van der Waals surface area contributed by atoms with Crippen LogP contribution in [-0.2, 0) is 31.2 Å². The van der Waals surface area contributed by atoms with Gasteiger partial charge >= 0.3 is 0 Å². The Labute approximate surface area is 224 Å². The number of benzene rings is 4. The highest BCUT2D eigenvalue weighted by Gasteiger charge is 2.42. The first-order valence-electron chi connectivity index (χ1n) is 13.0. The molecule has 0 aromatic heterocycles. The van der Waals surface area contributed by atoms with Crippen LogP contribution >= 0.6 is 0 Å². The number of methoxy groups -OCH3 is 2. The summed E-state index contributed by atoms with van der Waals surface area (Å²) in [6.07, 6.45) is -0.161. The van der Waals surface area contributed by atoms with E-state index in [1.54, 1.807) is 14.2 Å². The van der Waals surface area contributed by atoms with E-state index < -0.39 is 5.60 Å². The second kappa shape index (κ2) is 12.4. The molecule has 4 aromatic rings. The molecule has 5 nitrogen and oxygen atoms in total. The quantitative estimate of drug-likeness (QED) is 0.220. The van der Waals surface area contributed by atoms with Gasteiger partial charge in [0, 0.05) is 13.5 Å². The fourth-order valence-electron chi connectivity index (χ4n) is 5.06. The first-order valence-corrected chi connectivity index (χ1v) is 13.0.